The van der Waals surface area contributed by atoms with Gasteiger partial charge in [0.25, 0.3) is 0 Å². The number of aliphatic hydroxyl groups excluding tert-OH is 2. The van der Waals surface area contributed by atoms with Crippen LogP contribution in [-0.2, 0) is 4.74 Å². The van der Waals surface area contributed by atoms with Gasteiger partial charge in [0.05, 0.1) is 7.11 Å². The third-order valence-corrected chi connectivity index (χ3v) is 2.20. The van der Waals surface area contributed by atoms with Crippen LogP contribution in [0.25, 0.3) is 0 Å². The number of aliphatic hydroxyl groups is 2. The third-order valence-electron chi connectivity index (χ3n) is 2.20. The highest BCUT2D eigenvalue weighted by Crippen LogP contribution is 2.13. The molecule has 0 heterocycles. The molecule has 0 spiro atoms. The van der Waals surface area contributed by atoms with E-state index in [1.807, 2.05) is 0 Å². The van der Waals surface area contributed by atoms with Crippen LogP contribution in [0.3, 0.4) is 0 Å². The van der Waals surface area contributed by atoms with Gasteiger partial charge in [0, 0.05) is 19.8 Å². The highest BCUT2D eigenvalue weighted by atomic mass is 16.5. The topological polar surface area (TPSA) is 49.7 Å². The Kier molecular flexibility index (Phi) is 9.87. The lowest BCUT2D eigenvalue weighted by Gasteiger charge is -2.12. The van der Waals surface area contributed by atoms with Crippen LogP contribution in [0, 0.1) is 13.0 Å². The molecule has 79 valence electrons. The molecule has 0 saturated heterocycles. The maximum absolute atomic E-state index is 8.98. The van der Waals surface area contributed by atoms with E-state index in [0.717, 1.165) is 32.1 Å². The van der Waals surface area contributed by atoms with Crippen LogP contribution in [0.5, 0.6) is 0 Å². The summed E-state index contributed by atoms with van der Waals surface area (Å²) in [5.74, 6) is 0.334. The molecule has 0 aliphatic carbocycles. The third kappa shape index (κ3) is 8.22. The van der Waals surface area contributed by atoms with Gasteiger partial charge in [-0.2, -0.15) is 0 Å². The van der Waals surface area contributed by atoms with Crippen molar-refractivity contribution in [2.75, 3.05) is 19.8 Å². The first-order valence-electron chi connectivity index (χ1n) is 4.93. The van der Waals surface area contributed by atoms with Crippen molar-refractivity contribution in [1.82, 2.24) is 0 Å². The SMILES string of the molecule is [CH2]OCC[C@H](CO)CCCCCO. The van der Waals surface area contributed by atoms with E-state index in [2.05, 4.69) is 7.11 Å². The molecule has 3 heteroatoms. The summed E-state index contributed by atoms with van der Waals surface area (Å²) in [6.07, 6.45) is 4.87. The Morgan fingerprint density at radius 2 is 1.85 bits per heavy atom. The van der Waals surface area contributed by atoms with Gasteiger partial charge in [0.1, 0.15) is 0 Å². The molecule has 0 aromatic rings. The summed E-state index contributed by atoms with van der Waals surface area (Å²) in [7, 11) is 3.29. The predicted octanol–water partition coefficient (Wildman–Crippen LogP) is 1.35. The average Bonchev–Trinajstić information content (AvgIpc) is 2.17. The fourth-order valence-corrected chi connectivity index (χ4v) is 1.30. The fraction of sp³-hybridized carbons (Fsp3) is 0.900. The zero-order chi connectivity index (χ0) is 9.94. The molecular formula is C10H21O3. The minimum atomic E-state index is 0.225. The molecule has 0 aromatic heterocycles. The van der Waals surface area contributed by atoms with Gasteiger partial charge in [0.2, 0.25) is 0 Å². The number of rotatable bonds is 9. The fourth-order valence-electron chi connectivity index (χ4n) is 1.30. The summed E-state index contributed by atoms with van der Waals surface area (Å²) in [5, 5.41) is 17.5. The highest BCUT2D eigenvalue weighted by Gasteiger charge is 2.06. The molecule has 1 radical (unpaired) electrons. The second kappa shape index (κ2) is 9.96. The van der Waals surface area contributed by atoms with Crippen LogP contribution in [0.15, 0.2) is 0 Å². The molecule has 0 aromatic carbocycles. The molecular weight excluding hydrogens is 168 g/mol. The molecule has 3 nitrogen and oxygen atoms in total. The van der Waals surface area contributed by atoms with E-state index in [1.54, 1.807) is 0 Å². The Morgan fingerprint density at radius 1 is 1.08 bits per heavy atom. The van der Waals surface area contributed by atoms with Gasteiger partial charge in [-0.3, -0.25) is 0 Å². The zero-order valence-corrected chi connectivity index (χ0v) is 8.24. The van der Waals surface area contributed by atoms with Crippen molar-refractivity contribution >= 4 is 0 Å². The molecule has 13 heavy (non-hydrogen) atoms. The first kappa shape index (κ1) is 12.9. The minimum Gasteiger partial charge on any atom is -0.396 e. The van der Waals surface area contributed by atoms with Crippen molar-refractivity contribution in [2.45, 2.75) is 32.1 Å². The molecule has 2 N–H and O–H groups in total. The van der Waals surface area contributed by atoms with E-state index in [-0.39, 0.29) is 13.2 Å². The standard InChI is InChI=1S/C10H21O3/c1-13-8-6-10(9-12)5-3-2-4-7-11/h10-12H,1-9H2/t10-/m1/s1. The van der Waals surface area contributed by atoms with Crippen molar-refractivity contribution in [3.8, 4) is 0 Å². The summed E-state index contributed by atoms with van der Waals surface area (Å²) in [4.78, 5) is 0. The van der Waals surface area contributed by atoms with E-state index >= 15 is 0 Å². The largest absolute Gasteiger partial charge is 0.396 e. The Hall–Kier alpha value is -0.120. The molecule has 0 fully saturated rings. The summed E-state index contributed by atoms with van der Waals surface area (Å²) in [5.41, 5.74) is 0. The van der Waals surface area contributed by atoms with Crippen LogP contribution in [-0.4, -0.2) is 30.0 Å². The molecule has 0 aliphatic rings. The normalized spacial score (nSPS) is 13.2. The van der Waals surface area contributed by atoms with Gasteiger partial charge < -0.3 is 14.9 Å². The maximum Gasteiger partial charge on any atom is 0.0700 e. The van der Waals surface area contributed by atoms with E-state index in [0.29, 0.717) is 12.5 Å². The molecule has 0 saturated carbocycles. The quantitative estimate of drug-likeness (QED) is 0.538. The highest BCUT2D eigenvalue weighted by molar-refractivity contribution is 4.57. The van der Waals surface area contributed by atoms with Crippen molar-refractivity contribution in [1.29, 1.82) is 0 Å². The van der Waals surface area contributed by atoms with E-state index < -0.39 is 0 Å². The molecule has 0 unspecified atom stereocenters. The summed E-state index contributed by atoms with van der Waals surface area (Å²) < 4.78 is 4.70. The van der Waals surface area contributed by atoms with Crippen molar-refractivity contribution in [2.24, 2.45) is 5.92 Å². The van der Waals surface area contributed by atoms with E-state index in [4.69, 9.17) is 14.9 Å². The van der Waals surface area contributed by atoms with E-state index in [1.165, 1.54) is 0 Å². The Morgan fingerprint density at radius 3 is 2.38 bits per heavy atom. The van der Waals surface area contributed by atoms with Crippen molar-refractivity contribution in [3.05, 3.63) is 7.11 Å². The molecule has 0 bridgehead atoms. The summed E-state index contributed by atoms with van der Waals surface area (Å²) in [6.45, 7) is 1.11. The Bertz CT molecular complexity index is 96.2. The van der Waals surface area contributed by atoms with Gasteiger partial charge in [-0.15, -0.1) is 0 Å². The lowest BCUT2D eigenvalue weighted by atomic mass is 9.99. The monoisotopic (exact) mass is 189 g/mol. The average molecular weight is 189 g/mol. The minimum absolute atomic E-state index is 0.225. The molecule has 0 amide bonds. The summed E-state index contributed by atoms with van der Waals surface area (Å²) in [6, 6.07) is 0. The van der Waals surface area contributed by atoms with Crippen LogP contribution < -0.4 is 0 Å². The number of unbranched alkanes of at least 4 members (excludes halogenated alkanes) is 2. The lowest BCUT2D eigenvalue weighted by Crippen LogP contribution is -2.08. The second-order valence-electron chi connectivity index (χ2n) is 3.32. The maximum atomic E-state index is 8.98. The van der Waals surface area contributed by atoms with Gasteiger partial charge in [-0.25, -0.2) is 0 Å². The number of hydrogen-bond acceptors (Lipinski definition) is 3. The molecule has 0 rings (SSSR count). The van der Waals surface area contributed by atoms with Gasteiger partial charge in [-0.05, 0) is 25.2 Å². The zero-order valence-electron chi connectivity index (χ0n) is 8.24. The van der Waals surface area contributed by atoms with E-state index in [9.17, 15) is 0 Å². The second-order valence-corrected chi connectivity index (χ2v) is 3.32. The van der Waals surface area contributed by atoms with Gasteiger partial charge in [0.15, 0.2) is 0 Å². The first-order valence-corrected chi connectivity index (χ1v) is 4.93. The Balaban J connectivity index is 3.25. The lowest BCUT2D eigenvalue weighted by molar-refractivity contribution is 0.160. The molecule has 1 atom stereocenters. The summed E-state index contributed by atoms with van der Waals surface area (Å²) >= 11 is 0. The van der Waals surface area contributed by atoms with Crippen LogP contribution >= 0.6 is 0 Å². The van der Waals surface area contributed by atoms with Crippen LogP contribution in [0.2, 0.25) is 0 Å². The van der Waals surface area contributed by atoms with Gasteiger partial charge in [-0.1, -0.05) is 12.8 Å². The number of ether oxygens (including phenoxy) is 1. The molecule has 0 aliphatic heterocycles. The first-order chi connectivity index (χ1) is 6.35. The van der Waals surface area contributed by atoms with Crippen molar-refractivity contribution in [3.63, 3.8) is 0 Å². The predicted molar refractivity (Wildman–Crippen MR) is 52.1 cm³/mol. The van der Waals surface area contributed by atoms with Crippen LogP contribution in [0.1, 0.15) is 32.1 Å². The van der Waals surface area contributed by atoms with Gasteiger partial charge >= 0.3 is 0 Å². The van der Waals surface area contributed by atoms with Crippen molar-refractivity contribution < 1.29 is 14.9 Å². The van der Waals surface area contributed by atoms with Crippen LogP contribution in [0.4, 0.5) is 0 Å². The smallest absolute Gasteiger partial charge is 0.0700 e. The Labute approximate surface area is 80.7 Å². The number of hydrogen-bond donors (Lipinski definition) is 2.